The first-order valence-corrected chi connectivity index (χ1v) is 7.23. The average molecular weight is 282 g/mol. The Balaban J connectivity index is 2.16. The molecule has 0 atom stereocenters. The normalized spacial score (nSPS) is 11.7. The van der Waals surface area contributed by atoms with Crippen LogP contribution in [0.15, 0.2) is 41.6 Å². The number of hydrogen-bond acceptors (Lipinski definition) is 2. The van der Waals surface area contributed by atoms with Gasteiger partial charge in [0.15, 0.2) is 0 Å². The highest BCUT2D eigenvalue weighted by Crippen LogP contribution is 2.14. The number of hydrogen-bond donors (Lipinski definition) is 1. The zero-order chi connectivity index (χ0) is 14.0. The lowest BCUT2D eigenvalue weighted by Gasteiger charge is -2.07. The SMILES string of the molecule is Cc1cc(S(=O)(=O)NCc2ccn(C)c2)ccc1F. The largest absolute Gasteiger partial charge is 0.357 e. The molecule has 1 aromatic carbocycles. The summed E-state index contributed by atoms with van der Waals surface area (Å²) in [6.45, 7) is 1.74. The van der Waals surface area contributed by atoms with Gasteiger partial charge in [-0.3, -0.25) is 0 Å². The maximum absolute atomic E-state index is 13.1. The molecule has 19 heavy (non-hydrogen) atoms. The van der Waals surface area contributed by atoms with Gasteiger partial charge in [-0.2, -0.15) is 0 Å². The fourth-order valence-corrected chi connectivity index (χ4v) is 2.81. The molecule has 1 N–H and O–H groups in total. The van der Waals surface area contributed by atoms with Crippen LogP contribution in [0.25, 0.3) is 0 Å². The number of nitrogens with zero attached hydrogens (tertiary/aromatic N) is 1. The highest BCUT2D eigenvalue weighted by molar-refractivity contribution is 7.89. The number of benzene rings is 1. The van der Waals surface area contributed by atoms with Gasteiger partial charge in [-0.1, -0.05) is 0 Å². The van der Waals surface area contributed by atoms with Gasteiger partial charge in [0.1, 0.15) is 5.82 Å². The standard InChI is InChI=1S/C13H15FN2O2S/c1-10-7-12(3-4-13(10)14)19(17,18)15-8-11-5-6-16(2)9-11/h3-7,9,15H,8H2,1-2H3. The molecule has 0 bridgehead atoms. The van der Waals surface area contributed by atoms with Crippen molar-refractivity contribution in [1.82, 2.24) is 9.29 Å². The quantitative estimate of drug-likeness (QED) is 0.932. The third-order valence-electron chi connectivity index (χ3n) is 2.80. The number of aromatic nitrogens is 1. The van der Waals surface area contributed by atoms with Crippen LogP contribution >= 0.6 is 0 Å². The van der Waals surface area contributed by atoms with Gasteiger partial charge < -0.3 is 4.57 Å². The van der Waals surface area contributed by atoms with Crippen LogP contribution in [-0.2, 0) is 23.6 Å². The fourth-order valence-electron chi connectivity index (χ4n) is 1.71. The fraction of sp³-hybridized carbons (Fsp3) is 0.231. The summed E-state index contributed by atoms with van der Waals surface area (Å²) in [5, 5.41) is 0. The number of aryl methyl sites for hydroxylation is 2. The average Bonchev–Trinajstić information content (AvgIpc) is 2.76. The minimum absolute atomic E-state index is 0.0716. The molecule has 0 aliphatic heterocycles. The summed E-state index contributed by atoms with van der Waals surface area (Å²) in [4.78, 5) is 0.0716. The summed E-state index contributed by atoms with van der Waals surface area (Å²) in [6, 6.07) is 5.57. The number of halogens is 1. The van der Waals surface area contributed by atoms with E-state index in [1.807, 2.05) is 30.1 Å². The molecule has 0 unspecified atom stereocenters. The van der Waals surface area contributed by atoms with Gasteiger partial charge in [0.05, 0.1) is 4.90 Å². The molecular weight excluding hydrogens is 267 g/mol. The Morgan fingerprint density at radius 1 is 1.32 bits per heavy atom. The van der Waals surface area contributed by atoms with E-state index >= 15 is 0 Å². The molecule has 1 aromatic heterocycles. The van der Waals surface area contributed by atoms with E-state index in [2.05, 4.69) is 4.72 Å². The molecule has 0 aliphatic carbocycles. The summed E-state index contributed by atoms with van der Waals surface area (Å²) in [5.41, 5.74) is 1.17. The van der Waals surface area contributed by atoms with E-state index in [1.165, 1.54) is 19.1 Å². The molecule has 0 aliphatic rings. The van der Waals surface area contributed by atoms with E-state index in [0.29, 0.717) is 5.56 Å². The molecule has 0 saturated heterocycles. The van der Waals surface area contributed by atoms with E-state index in [4.69, 9.17) is 0 Å². The summed E-state index contributed by atoms with van der Waals surface area (Å²) in [6.07, 6.45) is 3.67. The second kappa shape index (κ2) is 5.14. The van der Waals surface area contributed by atoms with Gasteiger partial charge in [-0.25, -0.2) is 17.5 Å². The van der Waals surface area contributed by atoms with Gasteiger partial charge in [-0.05, 0) is 42.3 Å². The van der Waals surface area contributed by atoms with Crippen molar-refractivity contribution in [3.8, 4) is 0 Å². The molecule has 0 saturated carbocycles. The summed E-state index contributed by atoms with van der Waals surface area (Å²) in [7, 11) is -1.75. The number of rotatable bonds is 4. The first kappa shape index (κ1) is 13.8. The Morgan fingerprint density at radius 3 is 2.63 bits per heavy atom. The van der Waals surface area contributed by atoms with E-state index in [9.17, 15) is 12.8 Å². The van der Waals surface area contributed by atoms with Gasteiger partial charge >= 0.3 is 0 Å². The minimum Gasteiger partial charge on any atom is -0.357 e. The lowest BCUT2D eigenvalue weighted by Crippen LogP contribution is -2.23. The molecular formula is C13H15FN2O2S. The van der Waals surface area contributed by atoms with Crippen molar-refractivity contribution in [2.45, 2.75) is 18.4 Å². The Kier molecular flexibility index (Phi) is 3.73. The second-order valence-corrected chi connectivity index (χ2v) is 6.19. The van der Waals surface area contributed by atoms with Crippen LogP contribution in [0, 0.1) is 12.7 Å². The zero-order valence-electron chi connectivity index (χ0n) is 10.7. The van der Waals surface area contributed by atoms with Crippen LogP contribution in [0.2, 0.25) is 0 Å². The van der Waals surface area contributed by atoms with E-state index in [1.54, 1.807) is 0 Å². The number of nitrogens with one attached hydrogen (secondary N) is 1. The smallest absolute Gasteiger partial charge is 0.240 e. The van der Waals surface area contributed by atoms with Crippen LogP contribution < -0.4 is 4.72 Å². The minimum atomic E-state index is -3.61. The van der Waals surface area contributed by atoms with Crippen LogP contribution in [-0.4, -0.2) is 13.0 Å². The maximum atomic E-state index is 13.1. The topological polar surface area (TPSA) is 51.1 Å². The molecule has 2 aromatic rings. The lowest BCUT2D eigenvalue weighted by atomic mass is 10.2. The van der Waals surface area contributed by atoms with Gasteiger partial charge in [0.2, 0.25) is 10.0 Å². The van der Waals surface area contributed by atoms with Crippen molar-refractivity contribution in [2.24, 2.45) is 7.05 Å². The Morgan fingerprint density at radius 2 is 2.05 bits per heavy atom. The Bertz CT molecular complexity index is 692. The van der Waals surface area contributed by atoms with Crippen LogP contribution in [0.5, 0.6) is 0 Å². The maximum Gasteiger partial charge on any atom is 0.240 e. The zero-order valence-corrected chi connectivity index (χ0v) is 11.5. The Hall–Kier alpha value is -1.66. The monoisotopic (exact) mass is 282 g/mol. The summed E-state index contributed by atoms with van der Waals surface area (Å²) >= 11 is 0. The third-order valence-corrected chi connectivity index (χ3v) is 4.20. The van der Waals surface area contributed by atoms with Gasteiger partial charge in [0.25, 0.3) is 0 Å². The molecule has 102 valence electrons. The van der Waals surface area contributed by atoms with Crippen molar-refractivity contribution in [3.05, 3.63) is 53.6 Å². The molecule has 1 heterocycles. The molecule has 0 spiro atoms. The van der Waals surface area contributed by atoms with Crippen molar-refractivity contribution in [1.29, 1.82) is 0 Å². The molecule has 2 rings (SSSR count). The van der Waals surface area contributed by atoms with Crippen molar-refractivity contribution < 1.29 is 12.8 Å². The van der Waals surface area contributed by atoms with E-state index in [-0.39, 0.29) is 11.4 Å². The second-order valence-electron chi connectivity index (χ2n) is 4.42. The first-order chi connectivity index (χ1) is 8.88. The molecule has 0 fully saturated rings. The van der Waals surface area contributed by atoms with Gasteiger partial charge in [0, 0.05) is 26.0 Å². The Labute approximate surface area is 111 Å². The van der Waals surface area contributed by atoms with Gasteiger partial charge in [-0.15, -0.1) is 0 Å². The first-order valence-electron chi connectivity index (χ1n) is 5.75. The molecule has 6 heteroatoms. The van der Waals surface area contributed by atoms with Crippen molar-refractivity contribution in [2.75, 3.05) is 0 Å². The van der Waals surface area contributed by atoms with Crippen LogP contribution in [0.4, 0.5) is 4.39 Å². The predicted octanol–water partition coefficient (Wildman–Crippen LogP) is 1.95. The van der Waals surface area contributed by atoms with Crippen molar-refractivity contribution in [3.63, 3.8) is 0 Å². The third kappa shape index (κ3) is 3.21. The highest BCUT2D eigenvalue weighted by Gasteiger charge is 2.15. The summed E-state index contributed by atoms with van der Waals surface area (Å²) < 4.78 is 41.5. The lowest BCUT2D eigenvalue weighted by molar-refractivity contribution is 0.579. The predicted molar refractivity (Wildman–Crippen MR) is 70.6 cm³/mol. The highest BCUT2D eigenvalue weighted by atomic mass is 32.2. The molecule has 0 radical (unpaired) electrons. The van der Waals surface area contributed by atoms with Crippen molar-refractivity contribution >= 4 is 10.0 Å². The van der Waals surface area contributed by atoms with Crippen LogP contribution in [0.1, 0.15) is 11.1 Å². The van der Waals surface area contributed by atoms with Crippen LogP contribution in [0.3, 0.4) is 0 Å². The van der Waals surface area contributed by atoms with E-state index in [0.717, 1.165) is 11.6 Å². The molecule has 4 nitrogen and oxygen atoms in total. The van der Waals surface area contributed by atoms with E-state index < -0.39 is 15.8 Å². The summed E-state index contributed by atoms with van der Waals surface area (Å²) in [5.74, 6) is -0.415. The molecule has 0 amide bonds. The number of sulfonamides is 1.